The van der Waals surface area contributed by atoms with Gasteiger partial charge in [-0.25, -0.2) is 8.42 Å². The molecule has 140 valence electrons. The quantitative estimate of drug-likeness (QED) is 0.805. The van der Waals surface area contributed by atoms with E-state index in [1.165, 1.54) is 0 Å². The van der Waals surface area contributed by atoms with Crippen LogP contribution in [0.2, 0.25) is 0 Å². The van der Waals surface area contributed by atoms with Gasteiger partial charge in [-0.05, 0) is 31.0 Å². The Kier molecular flexibility index (Phi) is 6.26. The van der Waals surface area contributed by atoms with Crippen LogP contribution < -0.4 is 14.4 Å². The zero-order valence-electron chi connectivity index (χ0n) is 15.4. The zero-order valence-corrected chi connectivity index (χ0v) is 16.3. The number of amides is 1. The Bertz CT molecular complexity index is 874. The minimum atomic E-state index is -3.61. The predicted molar refractivity (Wildman–Crippen MR) is 103 cm³/mol. The summed E-state index contributed by atoms with van der Waals surface area (Å²) in [5.74, 6) is 0.284. The van der Waals surface area contributed by atoms with E-state index in [4.69, 9.17) is 4.74 Å². The minimum absolute atomic E-state index is 0.257. The fourth-order valence-electron chi connectivity index (χ4n) is 2.79. The van der Waals surface area contributed by atoms with E-state index in [0.29, 0.717) is 11.4 Å². The summed E-state index contributed by atoms with van der Waals surface area (Å²) in [5, 5.41) is 2.76. The van der Waals surface area contributed by atoms with Crippen molar-refractivity contribution in [2.45, 2.75) is 20.4 Å². The number of hydrogen-bond donors (Lipinski definition) is 1. The summed E-state index contributed by atoms with van der Waals surface area (Å²) >= 11 is 0. The molecule has 0 aliphatic carbocycles. The molecular weight excluding hydrogens is 352 g/mol. The second kappa shape index (κ2) is 8.23. The van der Waals surface area contributed by atoms with Crippen LogP contribution in [0, 0.1) is 13.8 Å². The first-order valence-corrected chi connectivity index (χ1v) is 10.0. The maximum atomic E-state index is 12.4. The maximum Gasteiger partial charge on any atom is 0.241 e. The molecule has 0 aliphatic rings. The van der Waals surface area contributed by atoms with E-state index in [1.54, 1.807) is 13.2 Å². The molecule has 0 saturated heterocycles. The molecule has 0 unspecified atom stereocenters. The van der Waals surface area contributed by atoms with Crippen LogP contribution in [0.5, 0.6) is 5.75 Å². The second-order valence-electron chi connectivity index (χ2n) is 6.10. The molecule has 0 radical (unpaired) electrons. The standard InChI is InChI=1S/C19H24N2O4S/c1-14-8-7-9-15(2)19(14)21(26(4,23)24)13-18(22)20-12-16-10-5-6-11-17(16)25-3/h5-11H,12-13H2,1-4H3,(H,20,22). The average Bonchev–Trinajstić information content (AvgIpc) is 2.58. The number of rotatable bonds is 7. The van der Waals surface area contributed by atoms with Gasteiger partial charge in [0.05, 0.1) is 19.1 Å². The van der Waals surface area contributed by atoms with Crippen LogP contribution in [0.15, 0.2) is 42.5 Å². The van der Waals surface area contributed by atoms with Gasteiger partial charge >= 0.3 is 0 Å². The molecule has 7 heteroatoms. The Morgan fingerprint density at radius 1 is 1.08 bits per heavy atom. The van der Waals surface area contributed by atoms with Gasteiger partial charge in [0.15, 0.2) is 0 Å². The van der Waals surface area contributed by atoms with Gasteiger partial charge in [-0.3, -0.25) is 9.10 Å². The fraction of sp³-hybridized carbons (Fsp3) is 0.316. The van der Waals surface area contributed by atoms with Gasteiger partial charge in [0.25, 0.3) is 0 Å². The van der Waals surface area contributed by atoms with Gasteiger partial charge in [0.2, 0.25) is 15.9 Å². The summed E-state index contributed by atoms with van der Waals surface area (Å²) in [4.78, 5) is 12.4. The second-order valence-corrected chi connectivity index (χ2v) is 8.01. The highest BCUT2D eigenvalue weighted by atomic mass is 32.2. The van der Waals surface area contributed by atoms with Crippen LogP contribution in [0.4, 0.5) is 5.69 Å². The number of aryl methyl sites for hydroxylation is 2. The van der Waals surface area contributed by atoms with Gasteiger partial charge in [-0.2, -0.15) is 0 Å². The molecule has 6 nitrogen and oxygen atoms in total. The molecule has 1 N–H and O–H groups in total. The molecule has 0 aromatic heterocycles. The molecule has 0 saturated carbocycles. The molecule has 2 aromatic carbocycles. The molecular formula is C19H24N2O4S. The Morgan fingerprint density at radius 2 is 1.69 bits per heavy atom. The lowest BCUT2D eigenvalue weighted by atomic mass is 10.1. The molecule has 0 fully saturated rings. The van der Waals surface area contributed by atoms with E-state index in [9.17, 15) is 13.2 Å². The smallest absolute Gasteiger partial charge is 0.241 e. The molecule has 0 aliphatic heterocycles. The van der Waals surface area contributed by atoms with E-state index < -0.39 is 10.0 Å². The van der Waals surface area contributed by atoms with Crippen molar-refractivity contribution < 1.29 is 17.9 Å². The zero-order chi connectivity index (χ0) is 19.3. The first-order chi connectivity index (χ1) is 12.2. The van der Waals surface area contributed by atoms with Crippen molar-refractivity contribution in [3.8, 4) is 5.75 Å². The van der Waals surface area contributed by atoms with Gasteiger partial charge in [0.1, 0.15) is 12.3 Å². The number of nitrogens with one attached hydrogen (secondary N) is 1. The van der Waals surface area contributed by atoms with Crippen LogP contribution in [0.1, 0.15) is 16.7 Å². The summed E-state index contributed by atoms with van der Waals surface area (Å²) in [6.45, 7) is 3.63. The molecule has 0 heterocycles. The molecule has 0 atom stereocenters. The van der Waals surface area contributed by atoms with Crippen LogP contribution in [0.25, 0.3) is 0 Å². The third-order valence-electron chi connectivity index (χ3n) is 4.04. The number of carbonyl (C=O) groups excluding carboxylic acids is 1. The van der Waals surface area contributed by atoms with Crippen molar-refractivity contribution in [1.29, 1.82) is 0 Å². The van der Waals surface area contributed by atoms with Crippen molar-refractivity contribution in [3.63, 3.8) is 0 Å². The van der Waals surface area contributed by atoms with Crippen molar-refractivity contribution in [2.75, 3.05) is 24.2 Å². The Labute approximate surface area is 154 Å². The third-order valence-corrected chi connectivity index (χ3v) is 5.16. The number of sulfonamides is 1. The van der Waals surface area contributed by atoms with Crippen molar-refractivity contribution in [3.05, 3.63) is 59.2 Å². The van der Waals surface area contributed by atoms with Crippen molar-refractivity contribution in [1.82, 2.24) is 5.32 Å². The minimum Gasteiger partial charge on any atom is -0.496 e. The number of nitrogens with zero attached hydrogens (tertiary/aromatic N) is 1. The van der Waals surface area contributed by atoms with Crippen LogP contribution in [0.3, 0.4) is 0 Å². The molecule has 0 bridgehead atoms. The van der Waals surface area contributed by atoms with Crippen LogP contribution in [-0.4, -0.2) is 34.2 Å². The highest BCUT2D eigenvalue weighted by Gasteiger charge is 2.23. The van der Waals surface area contributed by atoms with E-state index >= 15 is 0 Å². The number of hydrogen-bond acceptors (Lipinski definition) is 4. The maximum absolute atomic E-state index is 12.4. The third kappa shape index (κ3) is 4.76. The SMILES string of the molecule is COc1ccccc1CNC(=O)CN(c1c(C)cccc1C)S(C)(=O)=O. The Balaban J connectivity index is 2.18. The summed E-state index contributed by atoms with van der Waals surface area (Å²) in [7, 11) is -2.04. The largest absolute Gasteiger partial charge is 0.496 e. The molecule has 2 aromatic rings. The lowest BCUT2D eigenvalue weighted by Gasteiger charge is -2.25. The highest BCUT2D eigenvalue weighted by molar-refractivity contribution is 7.92. The van der Waals surface area contributed by atoms with E-state index in [0.717, 1.165) is 27.3 Å². The number of para-hydroxylation sites is 2. The number of benzene rings is 2. The van der Waals surface area contributed by atoms with E-state index in [1.807, 2.05) is 50.2 Å². The normalized spacial score (nSPS) is 11.1. The number of methoxy groups -OCH3 is 1. The van der Waals surface area contributed by atoms with E-state index in [-0.39, 0.29) is 19.0 Å². The average molecular weight is 376 g/mol. The van der Waals surface area contributed by atoms with Gasteiger partial charge < -0.3 is 10.1 Å². The summed E-state index contributed by atoms with van der Waals surface area (Å²) < 4.78 is 30.9. The molecule has 26 heavy (non-hydrogen) atoms. The van der Waals surface area contributed by atoms with Crippen LogP contribution >= 0.6 is 0 Å². The van der Waals surface area contributed by atoms with Crippen molar-refractivity contribution in [2.24, 2.45) is 0 Å². The molecule has 1 amide bonds. The number of anilines is 1. The summed E-state index contributed by atoms with van der Waals surface area (Å²) in [6, 6.07) is 12.9. The Hall–Kier alpha value is -2.54. The van der Waals surface area contributed by atoms with Crippen LogP contribution in [-0.2, 0) is 21.4 Å². The first-order valence-electron chi connectivity index (χ1n) is 8.16. The Morgan fingerprint density at radius 3 is 2.27 bits per heavy atom. The highest BCUT2D eigenvalue weighted by Crippen LogP contribution is 2.26. The monoisotopic (exact) mass is 376 g/mol. The van der Waals surface area contributed by atoms with E-state index in [2.05, 4.69) is 5.32 Å². The number of ether oxygens (including phenoxy) is 1. The summed E-state index contributed by atoms with van der Waals surface area (Å²) in [5.41, 5.74) is 2.96. The number of carbonyl (C=O) groups is 1. The van der Waals surface area contributed by atoms with Gasteiger partial charge in [0, 0.05) is 12.1 Å². The topological polar surface area (TPSA) is 75.7 Å². The predicted octanol–water partition coefficient (Wildman–Crippen LogP) is 2.39. The molecule has 0 spiro atoms. The lowest BCUT2D eigenvalue weighted by Crippen LogP contribution is -2.40. The molecule has 2 rings (SSSR count). The summed E-state index contributed by atoms with van der Waals surface area (Å²) in [6.07, 6.45) is 1.10. The first kappa shape index (κ1) is 19.8. The fourth-order valence-corrected chi connectivity index (χ4v) is 3.76. The van der Waals surface area contributed by atoms with Gasteiger partial charge in [-0.15, -0.1) is 0 Å². The van der Waals surface area contributed by atoms with Crippen molar-refractivity contribution >= 4 is 21.6 Å². The van der Waals surface area contributed by atoms with Gasteiger partial charge in [-0.1, -0.05) is 36.4 Å². The lowest BCUT2D eigenvalue weighted by molar-refractivity contribution is -0.119.